The molecule has 1 N–H and O–H groups in total. The molecular weight excluding hydrogens is 258 g/mol. The van der Waals surface area contributed by atoms with E-state index in [0.717, 1.165) is 21.9 Å². The summed E-state index contributed by atoms with van der Waals surface area (Å²) in [5.74, 6) is 0.741. The van der Waals surface area contributed by atoms with Crippen molar-refractivity contribution in [2.24, 2.45) is 0 Å². The molecule has 0 fully saturated rings. The van der Waals surface area contributed by atoms with Gasteiger partial charge in [-0.05, 0) is 62.0 Å². The average Bonchev–Trinajstić information content (AvgIpc) is 2.77. The lowest BCUT2D eigenvalue weighted by Crippen LogP contribution is -2.11. The van der Waals surface area contributed by atoms with Crippen molar-refractivity contribution < 1.29 is 9.53 Å². The lowest BCUT2D eigenvalue weighted by molar-refractivity contribution is 0.103. The van der Waals surface area contributed by atoms with Crippen LogP contribution in [0.2, 0.25) is 0 Å². The molecule has 1 aromatic heterocycles. The minimum Gasteiger partial charge on any atom is -0.491 e. The first kappa shape index (κ1) is 13.6. The zero-order valence-electron chi connectivity index (χ0n) is 11.3. The van der Waals surface area contributed by atoms with Gasteiger partial charge in [0.05, 0.1) is 11.0 Å². The minimum atomic E-state index is -0.0648. The molecule has 0 aliphatic heterocycles. The predicted molar refractivity (Wildman–Crippen MR) is 79.2 cm³/mol. The number of anilines is 1. The number of amides is 1. The number of benzene rings is 1. The van der Waals surface area contributed by atoms with Crippen molar-refractivity contribution in [1.82, 2.24) is 0 Å². The molecule has 0 unspecified atom stereocenters. The molecular formula is C15H17NO2S. The van der Waals surface area contributed by atoms with Crippen molar-refractivity contribution in [1.29, 1.82) is 0 Å². The van der Waals surface area contributed by atoms with E-state index in [9.17, 15) is 4.79 Å². The Labute approximate surface area is 117 Å². The highest BCUT2D eigenvalue weighted by Crippen LogP contribution is 2.20. The molecule has 2 rings (SSSR count). The Kier molecular flexibility index (Phi) is 4.22. The molecule has 0 bridgehead atoms. The fourth-order valence-electron chi connectivity index (χ4n) is 1.68. The molecule has 3 nitrogen and oxygen atoms in total. The van der Waals surface area contributed by atoms with Gasteiger partial charge < -0.3 is 10.1 Å². The second-order valence-electron chi connectivity index (χ2n) is 4.58. The maximum Gasteiger partial charge on any atom is 0.265 e. The molecule has 4 heteroatoms. The Morgan fingerprint density at radius 2 is 1.89 bits per heavy atom. The van der Waals surface area contributed by atoms with Crippen molar-refractivity contribution in [3.8, 4) is 5.75 Å². The summed E-state index contributed by atoms with van der Waals surface area (Å²) in [5, 5.41) is 4.80. The highest BCUT2D eigenvalue weighted by atomic mass is 32.1. The van der Waals surface area contributed by atoms with Gasteiger partial charge in [0.15, 0.2) is 0 Å². The summed E-state index contributed by atoms with van der Waals surface area (Å²) in [5.41, 5.74) is 1.77. The summed E-state index contributed by atoms with van der Waals surface area (Å²) >= 11 is 1.45. The van der Waals surface area contributed by atoms with Crippen LogP contribution in [-0.4, -0.2) is 12.0 Å². The van der Waals surface area contributed by atoms with Gasteiger partial charge in [0, 0.05) is 5.69 Å². The van der Waals surface area contributed by atoms with E-state index in [0.29, 0.717) is 0 Å². The lowest BCUT2D eigenvalue weighted by atomic mass is 10.2. The van der Waals surface area contributed by atoms with Gasteiger partial charge in [-0.3, -0.25) is 4.79 Å². The molecule has 1 heterocycles. The first-order valence-electron chi connectivity index (χ1n) is 6.18. The molecule has 2 aromatic rings. The van der Waals surface area contributed by atoms with Crippen LogP contribution in [0, 0.1) is 6.92 Å². The fraction of sp³-hybridized carbons (Fsp3) is 0.267. The van der Waals surface area contributed by atoms with Crippen LogP contribution in [0.1, 0.15) is 29.1 Å². The van der Waals surface area contributed by atoms with Gasteiger partial charge in [0.2, 0.25) is 0 Å². The summed E-state index contributed by atoms with van der Waals surface area (Å²) in [6.07, 6.45) is 0.147. The summed E-state index contributed by atoms with van der Waals surface area (Å²) in [4.78, 5) is 12.8. The molecule has 0 saturated carbocycles. The van der Waals surface area contributed by atoms with E-state index < -0.39 is 0 Å². The number of carbonyl (C=O) groups is 1. The van der Waals surface area contributed by atoms with Gasteiger partial charge in [-0.2, -0.15) is 0 Å². The molecule has 0 aliphatic rings. The zero-order chi connectivity index (χ0) is 13.8. The Balaban J connectivity index is 2.04. The number of thiophene rings is 1. The van der Waals surface area contributed by atoms with Crippen molar-refractivity contribution in [3.63, 3.8) is 0 Å². The van der Waals surface area contributed by atoms with E-state index in [1.165, 1.54) is 11.3 Å². The molecule has 100 valence electrons. The second kappa shape index (κ2) is 5.89. The van der Waals surface area contributed by atoms with E-state index in [1.54, 1.807) is 0 Å². The van der Waals surface area contributed by atoms with Crippen LogP contribution in [0.4, 0.5) is 5.69 Å². The Hall–Kier alpha value is -1.81. The van der Waals surface area contributed by atoms with Crippen molar-refractivity contribution >= 4 is 22.9 Å². The minimum absolute atomic E-state index is 0.0648. The van der Waals surface area contributed by atoms with Crippen molar-refractivity contribution in [3.05, 3.63) is 46.2 Å². The van der Waals surface area contributed by atoms with Crippen LogP contribution < -0.4 is 10.1 Å². The van der Waals surface area contributed by atoms with Gasteiger partial charge in [0.1, 0.15) is 5.75 Å². The van der Waals surface area contributed by atoms with E-state index in [2.05, 4.69) is 5.32 Å². The summed E-state index contributed by atoms with van der Waals surface area (Å²) in [7, 11) is 0. The fourth-order valence-corrected chi connectivity index (χ4v) is 2.50. The quantitative estimate of drug-likeness (QED) is 0.912. The molecule has 0 aliphatic carbocycles. The molecule has 0 radical (unpaired) electrons. The monoisotopic (exact) mass is 275 g/mol. The number of hydrogen-bond donors (Lipinski definition) is 1. The summed E-state index contributed by atoms with van der Waals surface area (Å²) in [6.45, 7) is 5.90. The third-order valence-electron chi connectivity index (χ3n) is 2.55. The molecule has 0 spiro atoms. The molecule has 19 heavy (non-hydrogen) atoms. The Morgan fingerprint density at radius 1 is 1.21 bits per heavy atom. The first-order chi connectivity index (χ1) is 9.06. The van der Waals surface area contributed by atoms with E-state index in [-0.39, 0.29) is 12.0 Å². The van der Waals surface area contributed by atoms with Crippen LogP contribution in [0.15, 0.2) is 35.7 Å². The van der Waals surface area contributed by atoms with Crippen LogP contribution in [0.3, 0.4) is 0 Å². The number of ether oxygens (including phenoxy) is 1. The first-order valence-corrected chi connectivity index (χ1v) is 7.06. The normalized spacial score (nSPS) is 10.5. The number of aryl methyl sites for hydroxylation is 1. The van der Waals surface area contributed by atoms with Gasteiger partial charge >= 0.3 is 0 Å². The van der Waals surface area contributed by atoms with Crippen molar-refractivity contribution in [2.45, 2.75) is 26.9 Å². The van der Waals surface area contributed by atoms with Gasteiger partial charge in [0.25, 0.3) is 5.91 Å². The van der Waals surface area contributed by atoms with E-state index in [4.69, 9.17) is 4.74 Å². The number of carbonyl (C=O) groups excluding carboxylic acids is 1. The average molecular weight is 275 g/mol. The zero-order valence-corrected chi connectivity index (χ0v) is 12.1. The maximum absolute atomic E-state index is 12.0. The molecule has 0 atom stereocenters. The third kappa shape index (κ3) is 3.58. The van der Waals surface area contributed by atoms with E-state index >= 15 is 0 Å². The Bertz CT molecular complexity index is 558. The standard InChI is InChI=1S/C15H17NO2S/c1-10(2)18-13-6-4-12(5-7-13)16-15(17)14-11(3)8-9-19-14/h4-10H,1-3H3,(H,16,17). The van der Waals surface area contributed by atoms with E-state index in [1.807, 2.05) is 56.5 Å². The number of nitrogens with one attached hydrogen (secondary N) is 1. The molecule has 1 aromatic carbocycles. The summed E-state index contributed by atoms with van der Waals surface area (Å²) < 4.78 is 5.55. The largest absolute Gasteiger partial charge is 0.491 e. The SMILES string of the molecule is Cc1ccsc1C(=O)Nc1ccc(OC(C)C)cc1. The molecule has 1 amide bonds. The van der Waals surface area contributed by atoms with Crippen LogP contribution in [0.5, 0.6) is 5.75 Å². The topological polar surface area (TPSA) is 38.3 Å². The maximum atomic E-state index is 12.0. The number of rotatable bonds is 4. The Morgan fingerprint density at radius 3 is 2.42 bits per heavy atom. The third-order valence-corrected chi connectivity index (χ3v) is 3.57. The highest BCUT2D eigenvalue weighted by Gasteiger charge is 2.10. The van der Waals surface area contributed by atoms with Crippen LogP contribution in [-0.2, 0) is 0 Å². The van der Waals surface area contributed by atoms with Crippen LogP contribution >= 0.6 is 11.3 Å². The smallest absolute Gasteiger partial charge is 0.265 e. The van der Waals surface area contributed by atoms with Crippen molar-refractivity contribution in [2.75, 3.05) is 5.32 Å². The van der Waals surface area contributed by atoms with Crippen LogP contribution in [0.25, 0.3) is 0 Å². The highest BCUT2D eigenvalue weighted by molar-refractivity contribution is 7.12. The summed E-state index contributed by atoms with van der Waals surface area (Å²) in [6, 6.07) is 9.35. The van der Waals surface area contributed by atoms with Gasteiger partial charge in [-0.15, -0.1) is 11.3 Å². The van der Waals surface area contributed by atoms with Gasteiger partial charge in [-0.1, -0.05) is 0 Å². The second-order valence-corrected chi connectivity index (χ2v) is 5.49. The lowest BCUT2D eigenvalue weighted by Gasteiger charge is -2.10. The molecule has 0 saturated heterocycles. The van der Waals surface area contributed by atoms with Gasteiger partial charge in [-0.25, -0.2) is 0 Å². The predicted octanol–water partition coefficient (Wildman–Crippen LogP) is 4.10. The number of hydrogen-bond acceptors (Lipinski definition) is 3.